The standard InChI is InChI=1S/C20H16N6/c1-11-7-19(22-10-21-11)20-25-16-6-4-14(9-18(16)26-20)13-3-5-15-17(8-13)24-12(2)23-15/h3-10H,1-2H3,(H,23,24)(H,25,26)/p+1. The summed E-state index contributed by atoms with van der Waals surface area (Å²) in [5, 5.41) is 0. The molecule has 0 aliphatic carbocycles. The van der Waals surface area contributed by atoms with Gasteiger partial charge < -0.3 is 4.98 Å². The van der Waals surface area contributed by atoms with Crippen molar-refractivity contribution in [1.82, 2.24) is 24.9 Å². The number of fused-ring (bicyclic) bond motifs is 2. The number of imidazole rings is 2. The van der Waals surface area contributed by atoms with Crippen molar-refractivity contribution >= 4 is 22.1 Å². The topological polar surface area (TPSA) is 84.4 Å². The highest BCUT2D eigenvalue weighted by Crippen LogP contribution is 2.26. The second-order valence-electron chi connectivity index (χ2n) is 6.48. The normalized spacial score (nSPS) is 11.5. The molecule has 0 radical (unpaired) electrons. The van der Waals surface area contributed by atoms with Gasteiger partial charge in [0.25, 0.3) is 0 Å². The first-order valence-corrected chi connectivity index (χ1v) is 8.46. The van der Waals surface area contributed by atoms with Crippen molar-refractivity contribution in [3.05, 3.63) is 60.3 Å². The lowest BCUT2D eigenvalue weighted by Crippen LogP contribution is -2.04. The number of nitrogens with zero attached hydrogens (tertiary/aromatic N) is 3. The predicted octanol–water partition coefficient (Wildman–Crippen LogP) is 3.60. The van der Waals surface area contributed by atoms with Gasteiger partial charge >= 0.3 is 5.82 Å². The van der Waals surface area contributed by atoms with Crippen LogP contribution in [-0.4, -0.2) is 24.9 Å². The van der Waals surface area contributed by atoms with E-state index in [0.29, 0.717) is 0 Å². The third-order valence-electron chi connectivity index (χ3n) is 4.53. The van der Waals surface area contributed by atoms with Crippen LogP contribution in [-0.2, 0) is 0 Å². The number of rotatable bonds is 2. The van der Waals surface area contributed by atoms with Gasteiger partial charge in [0, 0.05) is 5.69 Å². The van der Waals surface area contributed by atoms with E-state index in [1.807, 2.05) is 26.0 Å². The van der Waals surface area contributed by atoms with Crippen LogP contribution in [0.2, 0.25) is 0 Å². The Labute approximate surface area is 149 Å². The Bertz CT molecular complexity index is 1260. The second kappa shape index (κ2) is 5.49. The lowest BCUT2D eigenvalue weighted by atomic mass is 10.0. The molecule has 0 amide bonds. The zero-order valence-electron chi connectivity index (χ0n) is 14.5. The molecule has 3 N–H and O–H groups in total. The molecular weight excluding hydrogens is 324 g/mol. The summed E-state index contributed by atoms with van der Waals surface area (Å²) in [7, 11) is 0. The van der Waals surface area contributed by atoms with Gasteiger partial charge in [-0.1, -0.05) is 6.07 Å². The minimum Gasteiger partial charge on any atom is -0.342 e. The van der Waals surface area contributed by atoms with Crippen molar-refractivity contribution < 1.29 is 4.98 Å². The fourth-order valence-electron chi connectivity index (χ4n) is 3.27. The van der Waals surface area contributed by atoms with Gasteiger partial charge in [0.05, 0.1) is 11.0 Å². The molecule has 26 heavy (non-hydrogen) atoms. The van der Waals surface area contributed by atoms with E-state index in [2.05, 4.69) is 60.2 Å². The van der Waals surface area contributed by atoms with Crippen molar-refractivity contribution in [2.45, 2.75) is 13.8 Å². The van der Waals surface area contributed by atoms with E-state index in [9.17, 15) is 0 Å². The molecule has 6 nitrogen and oxygen atoms in total. The first kappa shape index (κ1) is 14.8. The molecule has 5 rings (SSSR count). The SMILES string of the molecule is Cc1cc(-c2[nH]c3cc(-c4ccc5nc(C)[nH]c5c4)ccc3[nH+]2)ncn1. The summed E-state index contributed by atoms with van der Waals surface area (Å²) in [5.41, 5.74) is 8.20. The van der Waals surface area contributed by atoms with E-state index in [0.717, 1.165) is 56.2 Å². The molecule has 3 heterocycles. The van der Waals surface area contributed by atoms with Gasteiger partial charge in [0.2, 0.25) is 0 Å². The molecule has 0 unspecified atom stereocenters. The summed E-state index contributed by atoms with van der Waals surface area (Å²) < 4.78 is 0. The Morgan fingerprint density at radius 3 is 2.50 bits per heavy atom. The monoisotopic (exact) mass is 341 g/mol. The van der Waals surface area contributed by atoms with Crippen LogP contribution in [0.3, 0.4) is 0 Å². The quantitative estimate of drug-likeness (QED) is 0.514. The highest BCUT2D eigenvalue weighted by molar-refractivity contribution is 5.85. The molecular formula is C20H17N6+. The average molecular weight is 341 g/mol. The molecule has 3 aromatic heterocycles. The molecule has 5 aromatic rings. The van der Waals surface area contributed by atoms with E-state index in [1.54, 1.807) is 6.33 Å². The van der Waals surface area contributed by atoms with E-state index < -0.39 is 0 Å². The van der Waals surface area contributed by atoms with E-state index in [4.69, 9.17) is 0 Å². The lowest BCUT2D eigenvalue weighted by molar-refractivity contribution is -0.330. The van der Waals surface area contributed by atoms with Crippen LogP contribution in [0.1, 0.15) is 11.5 Å². The first-order valence-electron chi connectivity index (χ1n) is 8.46. The Kier molecular flexibility index (Phi) is 3.12. The molecule has 0 fully saturated rings. The maximum Gasteiger partial charge on any atom is 0.304 e. The number of benzene rings is 2. The largest absolute Gasteiger partial charge is 0.342 e. The summed E-state index contributed by atoms with van der Waals surface area (Å²) in [6.45, 7) is 3.93. The highest BCUT2D eigenvalue weighted by atomic mass is 15.0. The molecule has 126 valence electrons. The summed E-state index contributed by atoms with van der Waals surface area (Å²) in [6.07, 6.45) is 1.58. The lowest BCUT2D eigenvalue weighted by Gasteiger charge is -2.00. The smallest absolute Gasteiger partial charge is 0.304 e. The molecule has 2 aromatic carbocycles. The Morgan fingerprint density at radius 1 is 0.846 bits per heavy atom. The van der Waals surface area contributed by atoms with Gasteiger partial charge in [0.15, 0.2) is 16.7 Å². The van der Waals surface area contributed by atoms with Crippen molar-refractivity contribution in [2.24, 2.45) is 0 Å². The van der Waals surface area contributed by atoms with Crippen LogP contribution in [0.4, 0.5) is 0 Å². The van der Waals surface area contributed by atoms with Gasteiger partial charge in [-0.15, -0.1) is 0 Å². The summed E-state index contributed by atoms with van der Waals surface area (Å²) in [5.74, 6) is 1.80. The first-order chi connectivity index (χ1) is 12.7. The Balaban J connectivity index is 1.60. The molecule has 0 saturated carbocycles. The molecule has 0 aliphatic rings. The minimum absolute atomic E-state index is 0.851. The fourth-order valence-corrected chi connectivity index (χ4v) is 3.27. The van der Waals surface area contributed by atoms with Crippen LogP contribution < -0.4 is 4.98 Å². The van der Waals surface area contributed by atoms with Crippen LogP contribution in [0.5, 0.6) is 0 Å². The van der Waals surface area contributed by atoms with Gasteiger partial charge in [-0.05, 0) is 61.4 Å². The van der Waals surface area contributed by atoms with Gasteiger partial charge in [-0.2, -0.15) is 0 Å². The van der Waals surface area contributed by atoms with E-state index >= 15 is 0 Å². The highest BCUT2D eigenvalue weighted by Gasteiger charge is 2.15. The maximum atomic E-state index is 4.46. The van der Waals surface area contributed by atoms with Gasteiger partial charge in [-0.25, -0.2) is 24.9 Å². The summed E-state index contributed by atoms with van der Waals surface area (Å²) in [4.78, 5) is 23.1. The van der Waals surface area contributed by atoms with Crippen LogP contribution in [0.15, 0.2) is 48.8 Å². The number of H-pyrrole nitrogens is 3. The molecule has 0 saturated heterocycles. The minimum atomic E-state index is 0.851. The van der Waals surface area contributed by atoms with Crippen molar-refractivity contribution in [2.75, 3.05) is 0 Å². The third kappa shape index (κ3) is 2.43. The Morgan fingerprint density at radius 2 is 1.65 bits per heavy atom. The van der Waals surface area contributed by atoms with Crippen molar-refractivity contribution in [1.29, 1.82) is 0 Å². The third-order valence-corrected chi connectivity index (χ3v) is 4.53. The number of hydrogen-bond donors (Lipinski definition) is 2. The maximum absolute atomic E-state index is 4.46. The van der Waals surface area contributed by atoms with Crippen molar-refractivity contribution in [3.63, 3.8) is 0 Å². The molecule has 0 aliphatic heterocycles. The van der Waals surface area contributed by atoms with Crippen LogP contribution in [0, 0.1) is 13.8 Å². The van der Waals surface area contributed by atoms with Gasteiger partial charge in [0.1, 0.15) is 12.2 Å². The van der Waals surface area contributed by atoms with Crippen LogP contribution in [0.25, 0.3) is 44.7 Å². The second-order valence-corrected chi connectivity index (χ2v) is 6.48. The summed E-state index contributed by atoms with van der Waals surface area (Å²) >= 11 is 0. The zero-order chi connectivity index (χ0) is 17.7. The van der Waals surface area contributed by atoms with E-state index in [1.165, 1.54) is 0 Å². The Hall–Kier alpha value is -3.54. The molecule has 0 spiro atoms. The van der Waals surface area contributed by atoms with Crippen LogP contribution >= 0.6 is 0 Å². The fraction of sp³-hybridized carbons (Fsp3) is 0.100. The molecule has 0 bridgehead atoms. The number of nitrogens with one attached hydrogen (secondary N) is 3. The number of aryl methyl sites for hydroxylation is 2. The summed E-state index contributed by atoms with van der Waals surface area (Å²) in [6, 6.07) is 14.6. The number of aromatic nitrogens is 6. The predicted molar refractivity (Wildman–Crippen MR) is 100 cm³/mol. The van der Waals surface area contributed by atoms with Gasteiger partial charge in [-0.3, -0.25) is 0 Å². The molecule has 0 atom stereocenters. The van der Waals surface area contributed by atoms with E-state index in [-0.39, 0.29) is 0 Å². The number of aromatic amines is 3. The van der Waals surface area contributed by atoms with Crippen molar-refractivity contribution in [3.8, 4) is 22.6 Å². The number of hydrogen-bond acceptors (Lipinski definition) is 3. The zero-order valence-corrected chi connectivity index (χ0v) is 14.5. The average Bonchev–Trinajstić information content (AvgIpc) is 3.22. The molecule has 6 heteroatoms.